The van der Waals surface area contributed by atoms with E-state index in [1.807, 2.05) is 6.92 Å². The number of carbonyl (C=O) groups excluding carboxylic acids is 1. The molecular formula is C14H26N4O6. The molecule has 9 N–H and O–H groups in total. The van der Waals surface area contributed by atoms with Gasteiger partial charge in [-0.25, -0.2) is 0 Å². The molecule has 0 aromatic heterocycles. The van der Waals surface area contributed by atoms with Crippen LogP contribution in [0.5, 0.6) is 0 Å². The average Bonchev–Trinajstić information content (AvgIpc) is 2.55. The van der Waals surface area contributed by atoms with Crippen LogP contribution >= 0.6 is 0 Å². The summed E-state index contributed by atoms with van der Waals surface area (Å²) in [5.74, 6) is -0.792. The lowest BCUT2D eigenvalue weighted by Gasteiger charge is -2.40. The molecular weight excluding hydrogens is 320 g/mol. The second-order valence-electron chi connectivity index (χ2n) is 5.49. The van der Waals surface area contributed by atoms with E-state index in [-0.39, 0.29) is 17.1 Å². The van der Waals surface area contributed by atoms with Crippen LogP contribution in [-0.2, 0) is 9.53 Å². The third-order valence-corrected chi connectivity index (χ3v) is 3.73. The predicted molar refractivity (Wildman–Crippen MR) is 84.8 cm³/mol. The van der Waals surface area contributed by atoms with Crippen LogP contribution in [0.25, 0.3) is 0 Å². The van der Waals surface area contributed by atoms with Gasteiger partial charge in [0.15, 0.2) is 6.23 Å². The number of aliphatic hydroxyl groups is 4. The molecule has 1 aliphatic rings. The van der Waals surface area contributed by atoms with Crippen molar-refractivity contribution in [3.05, 3.63) is 11.4 Å². The minimum atomic E-state index is -1.61. The van der Waals surface area contributed by atoms with Crippen LogP contribution in [0.15, 0.2) is 11.4 Å². The molecule has 1 heterocycles. The Morgan fingerprint density at radius 3 is 2.38 bits per heavy atom. The van der Waals surface area contributed by atoms with Crippen LogP contribution in [0.4, 0.5) is 0 Å². The van der Waals surface area contributed by atoms with Crippen molar-refractivity contribution < 1.29 is 30.0 Å². The molecule has 0 aromatic carbocycles. The lowest BCUT2D eigenvalue weighted by molar-refractivity contribution is -0.235. The summed E-state index contributed by atoms with van der Waals surface area (Å²) in [6.45, 7) is 1.24. The zero-order valence-corrected chi connectivity index (χ0v) is 13.7. The second kappa shape index (κ2) is 8.94. The molecule has 5 atom stereocenters. The maximum atomic E-state index is 12.4. The molecule has 1 aliphatic heterocycles. The topological polar surface area (TPSA) is 181 Å². The van der Waals surface area contributed by atoms with Crippen molar-refractivity contribution in [1.82, 2.24) is 10.6 Å². The summed E-state index contributed by atoms with van der Waals surface area (Å²) in [4.78, 5) is 12.4. The van der Waals surface area contributed by atoms with Gasteiger partial charge in [-0.3, -0.25) is 4.79 Å². The van der Waals surface area contributed by atoms with Crippen LogP contribution in [-0.4, -0.2) is 76.3 Å². The summed E-state index contributed by atoms with van der Waals surface area (Å²) >= 11 is 0. The van der Waals surface area contributed by atoms with E-state index in [2.05, 4.69) is 10.6 Å². The molecule has 1 saturated heterocycles. The SMILES string of the molecule is CCCC(=N)/C(C(=O)NC1OC(CO)C(O)C(O)C1O)=C(/N)NC. The van der Waals surface area contributed by atoms with Crippen molar-refractivity contribution in [2.75, 3.05) is 13.7 Å². The number of ether oxygens (including phenoxy) is 1. The van der Waals surface area contributed by atoms with E-state index >= 15 is 0 Å². The van der Waals surface area contributed by atoms with E-state index in [1.165, 1.54) is 7.05 Å². The average molecular weight is 346 g/mol. The fourth-order valence-electron chi connectivity index (χ4n) is 2.34. The van der Waals surface area contributed by atoms with Gasteiger partial charge in [-0.15, -0.1) is 0 Å². The summed E-state index contributed by atoms with van der Waals surface area (Å²) in [7, 11) is 1.50. The standard InChI is InChI=1S/C14H26N4O6/c1-3-4-6(15)8(12(16)17-2)13(23)18-14-11(22)10(21)9(20)7(5-19)24-14/h7,9-11,14-15,17,19-22H,3-5,16H2,1-2H3,(H,18,23)/b12-8+,15-6?. The molecule has 0 spiro atoms. The van der Waals surface area contributed by atoms with Crippen LogP contribution in [0.1, 0.15) is 19.8 Å². The molecule has 10 nitrogen and oxygen atoms in total. The van der Waals surface area contributed by atoms with E-state index in [9.17, 15) is 20.1 Å². The molecule has 138 valence electrons. The summed E-state index contributed by atoms with van der Waals surface area (Å²) in [5, 5.41) is 51.4. The zero-order valence-electron chi connectivity index (χ0n) is 13.7. The number of carbonyl (C=O) groups is 1. The number of hydrogen-bond donors (Lipinski definition) is 8. The van der Waals surface area contributed by atoms with Gasteiger partial charge < -0.3 is 46.9 Å². The van der Waals surface area contributed by atoms with E-state index in [0.717, 1.165) is 0 Å². The molecule has 0 aromatic rings. The molecule has 24 heavy (non-hydrogen) atoms. The summed E-state index contributed by atoms with van der Waals surface area (Å²) in [5.41, 5.74) is 5.63. The number of nitrogens with two attached hydrogens (primary N) is 1. The molecule has 1 amide bonds. The summed E-state index contributed by atoms with van der Waals surface area (Å²) < 4.78 is 5.21. The van der Waals surface area contributed by atoms with E-state index in [1.54, 1.807) is 0 Å². The van der Waals surface area contributed by atoms with Crippen molar-refractivity contribution in [2.24, 2.45) is 5.73 Å². The first-order valence-corrected chi connectivity index (χ1v) is 7.65. The van der Waals surface area contributed by atoms with Gasteiger partial charge >= 0.3 is 0 Å². The highest BCUT2D eigenvalue weighted by Crippen LogP contribution is 2.20. The lowest BCUT2D eigenvalue weighted by atomic mass is 9.98. The highest BCUT2D eigenvalue weighted by Gasteiger charge is 2.44. The Balaban J connectivity index is 2.96. The highest BCUT2D eigenvalue weighted by molar-refractivity contribution is 6.20. The van der Waals surface area contributed by atoms with Crippen molar-refractivity contribution >= 4 is 11.6 Å². The van der Waals surface area contributed by atoms with Gasteiger partial charge in [-0.1, -0.05) is 13.3 Å². The fraction of sp³-hybridized carbons (Fsp3) is 0.714. The number of nitrogens with one attached hydrogen (secondary N) is 3. The molecule has 1 rings (SSSR count). The quantitative estimate of drug-likeness (QED) is 0.178. The first-order chi connectivity index (χ1) is 11.3. The third-order valence-electron chi connectivity index (χ3n) is 3.73. The Hall–Kier alpha value is -1.72. The van der Waals surface area contributed by atoms with Crippen molar-refractivity contribution in [2.45, 2.75) is 50.4 Å². The van der Waals surface area contributed by atoms with Gasteiger partial charge in [0.2, 0.25) is 0 Å². The first kappa shape index (κ1) is 20.3. The predicted octanol–water partition coefficient (Wildman–Crippen LogP) is -2.89. The monoisotopic (exact) mass is 346 g/mol. The van der Waals surface area contributed by atoms with E-state index in [4.69, 9.17) is 21.0 Å². The molecule has 0 radical (unpaired) electrons. The third kappa shape index (κ3) is 4.42. The second-order valence-corrected chi connectivity index (χ2v) is 5.49. The summed E-state index contributed by atoms with van der Waals surface area (Å²) in [6, 6.07) is 0. The van der Waals surface area contributed by atoms with Gasteiger partial charge in [-0.05, 0) is 6.42 Å². The van der Waals surface area contributed by atoms with Crippen LogP contribution in [0.2, 0.25) is 0 Å². The maximum Gasteiger partial charge on any atom is 0.258 e. The number of hydrogen-bond acceptors (Lipinski definition) is 9. The van der Waals surface area contributed by atoms with Crippen LogP contribution in [0, 0.1) is 5.41 Å². The van der Waals surface area contributed by atoms with Gasteiger partial charge in [0.05, 0.1) is 12.2 Å². The van der Waals surface area contributed by atoms with Crippen molar-refractivity contribution in [3.63, 3.8) is 0 Å². The highest BCUT2D eigenvalue weighted by atomic mass is 16.6. The number of aliphatic hydroxyl groups excluding tert-OH is 4. The van der Waals surface area contributed by atoms with E-state index < -0.39 is 43.2 Å². The lowest BCUT2D eigenvalue weighted by Crippen LogP contribution is -2.63. The largest absolute Gasteiger partial charge is 0.394 e. The summed E-state index contributed by atoms with van der Waals surface area (Å²) in [6.07, 6.45) is -6.30. The fourth-order valence-corrected chi connectivity index (χ4v) is 2.34. The molecule has 0 saturated carbocycles. The minimum Gasteiger partial charge on any atom is -0.394 e. The van der Waals surface area contributed by atoms with Crippen molar-refractivity contribution in [1.29, 1.82) is 5.41 Å². The molecule has 5 unspecified atom stereocenters. The van der Waals surface area contributed by atoms with Gasteiger partial charge in [0.25, 0.3) is 5.91 Å². The Morgan fingerprint density at radius 2 is 1.88 bits per heavy atom. The molecule has 10 heteroatoms. The number of rotatable bonds is 7. The zero-order chi connectivity index (χ0) is 18.4. The van der Waals surface area contributed by atoms with Crippen molar-refractivity contribution in [3.8, 4) is 0 Å². The molecule has 1 fully saturated rings. The molecule has 0 aliphatic carbocycles. The van der Waals surface area contributed by atoms with Gasteiger partial charge in [-0.2, -0.15) is 0 Å². The minimum absolute atomic E-state index is 0.00596. The Bertz CT molecular complexity index is 496. The smallest absolute Gasteiger partial charge is 0.258 e. The first-order valence-electron chi connectivity index (χ1n) is 7.65. The Morgan fingerprint density at radius 1 is 1.25 bits per heavy atom. The van der Waals surface area contributed by atoms with Gasteiger partial charge in [0.1, 0.15) is 30.2 Å². The number of amides is 1. The van der Waals surface area contributed by atoms with Gasteiger partial charge in [0, 0.05) is 12.8 Å². The van der Waals surface area contributed by atoms with Crippen LogP contribution in [0.3, 0.4) is 0 Å². The Labute approximate surface area is 139 Å². The Kier molecular flexibility index (Phi) is 7.58. The van der Waals surface area contributed by atoms with E-state index in [0.29, 0.717) is 12.8 Å². The maximum absolute atomic E-state index is 12.4. The normalized spacial score (nSPS) is 31.2. The van der Waals surface area contributed by atoms with Crippen LogP contribution < -0.4 is 16.4 Å². The molecule has 0 bridgehead atoms.